The zero-order chi connectivity index (χ0) is 20.5. The van der Waals surface area contributed by atoms with Gasteiger partial charge in [0.15, 0.2) is 5.78 Å². The maximum absolute atomic E-state index is 13.2. The maximum atomic E-state index is 13.2. The molecule has 0 saturated heterocycles. The van der Waals surface area contributed by atoms with Crippen LogP contribution in [0.2, 0.25) is 0 Å². The van der Waals surface area contributed by atoms with E-state index in [2.05, 4.69) is 19.2 Å². The molecule has 0 aromatic heterocycles. The third-order valence-electron chi connectivity index (χ3n) is 5.32. The number of hydrogen-bond acceptors (Lipinski definition) is 5. The molecule has 0 fully saturated rings. The minimum Gasteiger partial charge on any atom is -0.497 e. The van der Waals surface area contributed by atoms with E-state index in [-0.39, 0.29) is 17.2 Å². The van der Waals surface area contributed by atoms with Crippen LogP contribution in [0.3, 0.4) is 0 Å². The molecule has 2 aliphatic rings. The number of benzene rings is 1. The number of rotatable bonds is 5. The predicted molar refractivity (Wildman–Crippen MR) is 108 cm³/mol. The van der Waals surface area contributed by atoms with Gasteiger partial charge < -0.3 is 14.8 Å². The summed E-state index contributed by atoms with van der Waals surface area (Å²) < 4.78 is 10.8. The lowest BCUT2D eigenvalue weighted by atomic mass is 9.68. The number of carbonyl (C=O) groups is 2. The fourth-order valence-corrected chi connectivity index (χ4v) is 4.13. The van der Waals surface area contributed by atoms with E-state index in [1.807, 2.05) is 38.1 Å². The number of esters is 1. The number of dihydropyridines is 1. The summed E-state index contributed by atoms with van der Waals surface area (Å²) in [7, 11) is 1.61. The molecule has 5 heteroatoms. The fourth-order valence-electron chi connectivity index (χ4n) is 4.13. The first-order valence-electron chi connectivity index (χ1n) is 9.82. The molecule has 1 aromatic carbocycles. The van der Waals surface area contributed by atoms with Crippen LogP contribution in [-0.2, 0) is 14.3 Å². The summed E-state index contributed by atoms with van der Waals surface area (Å²) in [5.74, 6) is -0.0382. The molecule has 1 atom stereocenters. The Hall–Kier alpha value is -2.56. The van der Waals surface area contributed by atoms with Crippen molar-refractivity contribution >= 4 is 11.8 Å². The number of allylic oxidation sites excluding steroid dienone is 3. The van der Waals surface area contributed by atoms with Crippen LogP contribution in [0.5, 0.6) is 5.75 Å². The van der Waals surface area contributed by atoms with Gasteiger partial charge in [0.2, 0.25) is 0 Å². The van der Waals surface area contributed by atoms with Gasteiger partial charge >= 0.3 is 5.97 Å². The summed E-state index contributed by atoms with van der Waals surface area (Å²) in [6, 6.07) is 7.58. The van der Waals surface area contributed by atoms with Crippen molar-refractivity contribution in [3.05, 3.63) is 52.4 Å². The third kappa shape index (κ3) is 3.84. The normalized spacial score (nSPS) is 21.2. The van der Waals surface area contributed by atoms with Gasteiger partial charge in [0.1, 0.15) is 5.75 Å². The second-order valence-electron chi connectivity index (χ2n) is 8.34. The highest BCUT2D eigenvalue weighted by Crippen LogP contribution is 2.47. The van der Waals surface area contributed by atoms with E-state index < -0.39 is 5.92 Å². The molecule has 1 heterocycles. The molecule has 150 valence electrons. The number of hydrogen-bond donors (Lipinski definition) is 1. The molecular weight excluding hydrogens is 354 g/mol. The largest absolute Gasteiger partial charge is 0.497 e. The zero-order valence-corrected chi connectivity index (χ0v) is 17.3. The van der Waals surface area contributed by atoms with Crippen LogP contribution in [0.25, 0.3) is 0 Å². The van der Waals surface area contributed by atoms with Gasteiger partial charge in [0.05, 0.1) is 19.3 Å². The summed E-state index contributed by atoms with van der Waals surface area (Å²) in [5.41, 5.74) is 3.61. The molecule has 28 heavy (non-hydrogen) atoms. The molecule has 1 aliphatic heterocycles. The van der Waals surface area contributed by atoms with E-state index in [0.29, 0.717) is 29.9 Å². The quantitative estimate of drug-likeness (QED) is 0.770. The molecule has 1 N–H and O–H groups in total. The highest BCUT2D eigenvalue weighted by Gasteiger charge is 2.43. The molecule has 0 unspecified atom stereocenters. The summed E-state index contributed by atoms with van der Waals surface area (Å²) in [6.07, 6.45) is 1.98. The smallest absolute Gasteiger partial charge is 0.336 e. The van der Waals surface area contributed by atoms with Crippen LogP contribution in [0.15, 0.2) is 46.8 Å². The molecule has 0 saturated carbocycles. The van der Waals surface area contributed by atoms with Crippen molar-refractivity contribution in [1.82, 2.24) is 5.32 Å². The molecule has 3 rings (SSSR count). The number of methoxy groups -OCH3 is 1. The predicted octanol–water partition coefficient (Wildman–Crippen LogP) is 4.25. The number of ketones is 1. The number of ether oxygens (including phenoxy) is 2. The standard InChI is InChI=1S/C23H29NO4/c1-6-10-28-22(26)19-14(2)24-17-12-23(3,4)13-18(25)21(17)20(19)15-8-7-9-16(11-15)27-5/h7-9,11,20,24H,6,10,12-13H2,1-5H3/t20-/m0/s1. The monoisotopic (exact) mass is 383 g/mol. The van der Waals surface area contributed by atoms with Crippen LogP contribution < -0.4 is 10.1 Å². The molecular formula is C23H29NO4. The van der Waals surface area contributed by atoms with E-state index in [0.717, 1.165) is 29.8 Å². The summed E-state index contributed by atoms with van der Waals surface area (Å²) in [6.45, 7) is 8.39. The van der Waals surface area contributed by atoms with Crippen molar-refractivity contribution in [3.8, 4) is 5.75 Å². The maximum Gasteiger partial charge on any atom is 0.336 e. The molecule has 0 bridgehead atoms. The molecule has 5 nitrogen and oxygen atoms in total. The first-order valence-corrected chi connectivity index (χ1v) is 9.82. The van der Waals surface area contributed by atoms with Crippen LogP contribution in [0.4, 0.5) is 0 Å². The summed E-state index contributed by atoms with van der Waals surface area (Å²) in [5, 5.41) is 3.35. The van der Waals surface area contributed by atoms with Gasteiger partial charge in [-0.3, -0.25) is 4.79 Å². The van der Waals surface area contributed by atoms with Crippen molar-refractivity contribution in [2.75, 3.05) is 13.7 Å². The molecule has 1 aromatic rings. The van der Waals surface area contributed by atoms with Crippen LogP contribution in [0, 0.1) is 5.41 Å². The highest BCUT2D eigenvalue weighted by atomic mass is 16.5. The first-order chi connectivity index (χ1) is 13.3. The van der Waals surface area contributed by atoms with Crippen LogP contribution in [0.1, 0.15) is 58.4 Å². The Labute approximate surface area is 166 Å². The Balaban J connectivity index is 2.15. The van der Waals surface area contributed by atoms with Crippen molar-refractivity contribution in [3.63, 3.8) is 0 Å². The molecule has 0 radical (unpaired) electrons. The number of Topliss-reactive ketones (excluding diaryl/α,β-unsaturated/α-hetero) is 1. The Bertz CT molecular complexity index is 863. The average molecular weight is 383 g/mol. The Kier molecular flexibility index (Phi) is 5.64. The molecule has 0 amide bonds. The molecule has 0 spiro atoms. The van der Waals surface area contributed by atoms with Gasteiger partial charge in [-0.1, -0.05) is 32.9 Å². The van der Waals surface area contributed by atoms with Crippen molar-refractivity contribution < 1.29 is 19.1 Å². The van der Waals surface area contributed by atoms with Crippen LogP contribution >= 0.6 is 0 Å². The topological polar surface area (TPSA) is 64.6 Å². The average Bonchev–Trinajstić information content (AvgIpc) is 2.64. The Morgan fingerprint density at radius 1 is 1.29 bits per heavy atom. The van der Waals surface area contributed by atoms with Gasteiger partial charge in [-0.15, -0.1) is 0 Å². The lowest BCUT2D eigenvalue weighted by Crippen LogP contribution is -2.38. The van der Waals surface area contributed by atoms with Gasteiger partial charge in [0, 0.05) is 29.3 Å². The van der Waals surface area contributed by atoms with Gasteiger partial charge in [0.25, 0.3) is 0 Å². The number of carbonyl (C=O) groups excluding carboxylic acids is 2. The van der Waals surface area contributed by atoms with Gasteiger partial charge in [-0.25, -0.2) is 4.79 Å². The van der Waals surface area contributed by atoms with Crippen LogP contribution in [-0.4, -0.2) is 25.5 Å². The van der Waals surface area contributed by atoms with Gasteiger partial charge in [-0.05, 0) is 42.9 Å². The number of nitrogens with one attached hydrogen (secondary N) is 1. The summed E-state index contributed by atoms with van der Waals surface area (Å²) in [4.78, 5) is 26.1. The van der Waals surface area contributed by atoms with E-state index in [1.165, 1.54) is 0 Å². The minimum absolute atomic E-state index is 0.0832. The lowest BCUT2D eigenvalue weighted by Gasteiger charge is -2.39. The van der Waals surface area contributed by atoms with Crippen molar-refractivity contribution in [1.29, 1.82) is 0 Å². The van der Waals surface area contributed by atoms with Gasteiger partial charge in [-0.2, -0.15) is 0 Å². The Morgan fingerprint density at radius 3 is 2.71 bits per heavy atom. The van der Waals surface area contributed by atoms with E-state index in [9.17, 15) is 9.59 Å². The van der Waals surface area contributed by atoms with Crippen molar-refractivity contribution in [2.45, 2.75) is 52.9 Å². The highest BCUT2D eigenvalue weighted by molar-refractivity contribution is 6.04. The second-order valence-corrected chi connectivity index (χ2v) is 8.34. The Morgan fingerprint density at radius 2 is 2.04 bits per heavy atom. The van der Waals surface area contributed by atoms with Crippen molar-refractivity contribution in [2.24, 2.45) is 5.41 Å². The second kappa shape index (κ2) is 7.82. The minimum atomic E-state index is -0.445. The fraction of sp³-hybridized carbons (Fsp3) is 0.478. The SMILES string of the molecule is CCCOC(=O)C1=C(C)NC2=C(C(=O)CC(C)(C)C2)[C@H]1c1cccc(OC)c1. The lowest BCUT2D eigenvalue weighted by molar-refractivity contribution is -0.139. The molecule has 1 aliphatic carbocycles. The third-order valence-corrected chi connectivity index (χ3v) is 5.32. The van der Waals surface area contributed by atoms with E-state index in [4.69, 9.17) is 9.47 Å². The first kappa shape index (κ1) is 20.2. The van der Waals surface area contributed by atoms with E-state index in [1.54, 1.807) is 7.11 Å². The summed E-state index contributed by atoms with van der Waals surface area (Å²) >= 11 is 0. The van der Waals surface area contributed by atoms with E-state index >= 15 is 0 Å². The zero-order valence-electron chi connectivity index (χ0n) is 17.3.